The third-order valence-electron chi connectivity index (χ3n) is 1.24. The lowest BCUT2D eigenvalue weighted by Gasteiger charge is -2.01. The second-order valence-electron chi connectivity index (χ2n) is 2.21. The van der Waals surface area contributed by atoms with E-state index in [0.717, 1.165) is 0 Å². The number of hydrogen-bond acceptors (Lipinski definition) is 3. The molecule has 0 radical (unpaired) electrons. The van der Waals surface area contributed by atoms with Gasteiger partial charge >= 0.3 is 5.97 Å². The minimum atomic E-state index is -0.467. The number of carbonyl (C=O) groups excluding carboxylic acids is 1. The van der Waals surface area contributed by atoms with Crippen molar-refractivity contribution in [2.24, 2.45) is 0 Å². The van der Waals surface area contributed by atoms with Crippen LogP contribution in [0.5, 0.6) is 0 Å². The summed E-state index contributed by atoms with van der Waals surface area (Å²) in [4.78, 5) is 15.0. The molecule has 1 aromatic rings. The number of nitrogens with zero attached hydrogens (tertiary/aromatic N) is 1. The van der Waals surface area contributed by atoms with Gasteiger partial charge in [0.1, 0.15) is 5.15 Å². The van der Waals surface area contributed by atoms with Crippen LogP contribution in [0.3, 0.4) is 0 Å². The van der Waals surface area contributed by atoms with Gasteiger partial charge in [-0.25, -0.2) is 9.78 Å². The fourth-order valence-corrected chi connectivity index (χ4v) is 1.55. The van der Waals surface area contributed by atoms with E-state index in [-0.39, 0.29) is 10.8 Å². The summed E-state index contributed by atoms with van der Waals surface area (Å²) in [6.45, 7) is 2.06. The van der Waals surface area contributed by atoms with Gasteiger partial charge in [-0.05, 0) is 19.1 Å². The Morgan fingerprint density at radius 3 is 2.92 bits per heavy atom. The van der Waals surface area contributed by atoms with Crippen molar-refractivity contribution in [2.75, 3.05) is 6.61 Å². The molecule has 0 aromatic carbocycles. The summed E-state index contributed by atoms with van der Waals surface area (Å²) in [7, 11) is 0. The highest BCUT2D eigenvalue weighted by molar-refractivity contribution is 9.10. The van der Waals surface area contributed by atoms with Crippen LogP contribution in [-0.2, 0) is 4.74 Å². The molecule has 1 heterocycles. The van der Waals surface area contributed by atoms with Crippen LogP contribution >= 0.6 is 27.5 Å². The minimum Gasteiger partial charge on any atom is -0.461 e. The first kappa shape index (κ1) is 10.5. The summed E-state index contributed by atoms with van der Waals surface area (Å²) in [6.07, 6.45) is 0. The van der Waals surface area contributed by atoms with Crippen molar-refractivity contribution in [1.82, 2.24) is 4.98 Å². The van der Waals surface area contributed by atoms with Crippen LogP contribution in [0.2, 0.25) is 5.15 Å². The molecule has 0 saturated heterocycles. The summed E-state index contributed by atoms with van der Waals surface area (Å²) < 4.78 is 5.46. The second kappa shape index (κ2) is 4.58. The monoisotopic (exact) mass is 263 g/mol. The van der Waals surface area contributed by atoms with E-state index >= 15 is 0 Å². The molecule has 0 bridgehead atoms. The van der Waals surface area contributed by atoms with E-state index in [2.05, 4.69) is 20.9 Å². The van der Waals surface area contributed by atoms with Gasteiger partial charge < -0.3 is 4.74 Å². The van der Waals surface area contributed by atoms with Gasteiger partial charge in [0.25, 0.3) is 0 Å². The fraction of sp³-hybridized carbons (Fsp3) is 0.250. The quantitative estimate of drug-likeness (QED) is 0.609. The van der Waals surface area contributed by atoms with Crippen LogP contribution in [0, 0.1) is 0 Å². The molecule has 0 aliphatic carbocycles. The normalized spacial score (nSPS) is 9.77. The average Bonchev–Trinajstić information content (AvgIpc) is 2.03. The van der Waals surface area contributed by atoms with Crippen molar-refractivity contribution < 1.29 is 9.53 Å². The van der Waals surface area contributed by atoms with Gasteiger partial charge in [-0.2, -0.15) is 0 Å². The SMILES string of the molecule is CCOC(=O)c1cc(Br)cc(Cl)n1. The van der Waals surface area contributed by atoms with Crippen molar-refractivity contribution in [3.05, 3.63) is 27.5 Å². The summed E-state index contributed by atoms with van der Waals surface area (Å²) in [6, 6.07) is 3.16. The number of halogens is 2. The Morgan fingerprint density at radius 2 is 2.38 bits per heavy atom. The molecule has 0 fully saturated rings. The summed E-state index contributed by atoms with van der Waals surface area (Å²) in [5, 5.41) is 0.262. The number of hydrogen-bond donors (Lipinski definition) is 0. The van der Waals surface area contributed by atoms with E-state index in [1.807, 2.05) is 0 Å². The molecule has 0 aliphatic heterocycles. The van der Waals surface area contributed by atoms with E-state index in [4.69, 9.17) is 16.3 Å². The van der Waals surface area contributed by atoms with Gasteiger partial charge in [0.2, 0.25) is 0 Å². The maximum Gasteiger partial charge on any atom is 0.357 e. The molecule has 3 nitrogen and oxygen atoms in total. The summed E-state index contributed by atoms with van der Waals surface area (Å²) >= 11 is 8.85. The highest BCUT2D eigenvalue weighted by Crippen LogP contribution is 2.16. The van der Waals surface area contributed by atoms with Gasteiger partial charge in [0.05, 0.1) is 6.61 Å². The van der Waals surface area contributed by atoms with Crippen molar-refractivity contribution in [2.45, 2.75) is 6.92 Å². The lowest BCUT2D eigenvalue weighted by Crippen LogP contribution is -2.06. The summed E-state index contributed by atoms with van der Waals surface area (Å²) in [5.41, 5.74) is 0.209. The minimum absolute atomic E-state index is 0.209. The van der Waals surface area contributed by atoms with Crippen molar-refractivity contribution >= 4 is 33.5 Å². The van der Waals surface area contributed by atoms with Gasteiger partial charge in [-0.1, -0.05) is 27.5 Å². The molecule has 70 valence electrons. The molecule has 0 atom stereocenters. The standard InChI is InChI=1S/C8H7BrClNO2/c1-2-13-8(12)6-3-5(9)4-7(10)11-6/h3-4H,2H2,1H3. The smallest absolute Gasteiger partial charge is 0.357 e. The first-order valence-corrected chi connectivity index (χ1v) is 4.80. The lowest BCUT2D eigenvalue weighted by atomic mass is 10.3. The zero-order chi connectivity index (χ0) is 9.84. The van der Waals surface area contributed by atoms with Gasteiger partial charge in [-0.15, -0.1) is 0 Å². The number of rotatable bonds is 2. The Hall–Kier alpha value is -0.610. The molecule has 0 aliphatic rings. The second-order valence-corrected chi connectivity index (χ2v) is 3.52. The zero-order valence-corrected chi connectivity index (χ0v) is 9.22. The maximum absolute atomic E-state index is 11.2. The summed E-state index contributed by atoms with van der Waals surface area (Å²) in [5.74, 6) is -0.467. The van der Waals surface area contributed by atoms with E-state index in [1.54, 1.807) is 19.1 Å². The van der Waals surface area contributed by atoms with E-state index in [1.165, 1.54) is 0 Å². The molecular weight excluding hydrogens is 257 g/mol. The largest absolute Gasteiger partial charge is 0.461 e. The molecule has 13 heavy (non-hydrogen) atoms. The Labute approximate surface area is 89.2 Å². The van der Waals surface area contributed by atoms with Crippen LogP contribution in [0.25, 0.3) is 0 Å². The molecule has 0 spiro atoms. The Kier molecular flexibility index (Phi) is 3.69. The Balaban J connectivity index is 2.94. The molecule has 0 saturated carbocycles. The molecule has 0 N–H and O–H groups in total. The van der Waals surface area contributed by atoms with Crippen molar-refractivity contribution in [3.63, 3.8) is 0 Å². The molecular formula is C8H7BrClNO2. The average molecular weight is 265 g/mol. The van der Waals surface area contributed by atoms with Gasteiger partial charge in [0.15, 0.2) is 5.69 Å². The van der Waals surface area contributed by atoms with Crippen LogP contribution in [-0.4, -0.2) is 17.6 Å². The van der Waals surface area contributed by atoms with E-state index < -0.39 is 5.97 Å². The van der Waals surface area contributed by atoms with Gasteiger partial charge in [0, 0.05) is 4.47 Å². The first-order chi connectivity index (χ1) is 6.13. The van der Waals surface area contributed by atoms with E-state index in [0.29, 0.717) is 11.1 Å². The van der Waals surface area contributed by atoms with Crippen LogP contribution < -0.4 is 0 Å². The topological polar surface area (TPSA) is 39.2 Å². The first-order valence-electron chi connectivity index (χ1n) is 3.63. The number of pyridine rings is 1. The predicted molar refractivity (Wildman–Crippen MR) is 52.9 cm³/mol. The Bertz CT molecular complexity index is 310. The third kappa shape index (κ3) is 2.97. The van der Waals surface area contributed by atoms with Crippen LogP contribution in [0.15, 0.2) is 16.6 Å². The molecule has 0 unspecified atom stereocenters. The Morgan fingerprint density at radius 1 is 1.69 bits per heavy atom. The van der Waals surface area contributed by atoms with E-state index in [9.17, 15) is 4.79 Å². The number of carbonyl (C=O) groups is 1. The van der Waals surface area contributed by atoms with Gasteiger partial charge in [-0.3, -0.25) is 0 Å². The number of ether oxygens (including phenoxy) is 1. The highest BCUT2D eigenvalue weighted by atomic mass is 79.9. The van der Waals surface area contributed by atoms with Crippen LogP contribution in [0.1, 0.15) is 17.4 Å². The third-order valence-corrected chi connectivity index (χ3v) is 1.89. The molecule has 1 rings (SSSR count). The molecule has 0 amide bonds. The van der Waals surface area contributed by atoms with Crippen LogP contribution in [0.4, 0.5) is 0 Å². The fourth-order valence-electron chi connectivity index (χ4n) is 0.775. The molecule has 5 heteroatoms. The highest BCUT2D eigenvalue weighted by Gasteiger charge is 2.09. The number of aromatic nitrogens is 1. The predicted octanol–water partition coefficient (Wildman–Crippen LogP) is 2.67. The lowest BCUT2D eigenvalue weighted by molar-refractivity contribution is 0.0519. The zero-order valence-electron chi connectivity index (χ0n) is 6.88. The number of esters is 1. The van der Waals surface area contributed by atoms with Crippen molar-refractivity contribution in [3.8, 4) is 0 Å². The van der Waals surface area contributed by atoms with Crippen molar-refractivity contribution in [1.29, 1.82) is 0 Å². The maximum atomic E-state index is 11.2. The molecule has 1 aromatic heterocycles.